The molecule has 3 nitrogen and oxygen atoms in total. The first-order valence-corrected chi connectivity index (χ1v) is 5.32. The molecule has 2 N–H and O–H groups in total. The number of halogens is 2. The molecule has 0 aliphatic carbocycles. The van der Waals surface area contributed by atoms with Crippen LogP contribution in [0.4, 0.5) is 14.5 Å². The predicted molar refractivity (Wildman–Crippen MR) is 58.6 cm³/mol. The van der Waals surface area contributed by atoms with E-state index >= 15 is 0 Å². The number of hydrogen-bond donors (Lipinski definition) is 1. The summed E-state index contributed by atoms with van der Waals surface area (Å²) in [5, 5.41) is 0. The van der Waals surface area contributed by atoms with Gasteiger partial charge in [0, 0.05) is 19.0 Å². The van der Waals surface area contributed by atoms with E-state index in [9.17, 15) is 8.78 Å². The van der Waals surface area contributed by atoms with Gasteiger partial charge < -0.3 is 10.6 Å². The standard InChI is InChI=1S/C11H15F2N3/c1-8(14)10-3-2-9(6-15-10)16-5-4-11(12,13)7-16/h2-3,6,8H,4-5,7,14H2,1H3/t8-/m1/s1. The lowest BCUT2D eigenvalue weighted by molar-refractivity contribution is 0.0257. The molecule has 0 unspecified atom stereocenters. The van der Waals surface area contributed by atoms with Crippen molar-refractivity contribution in [3.05, 3.63) is 24.0 Å². The summed E-state index contributed by atoms with van der Waals surface area (Å²) in [5.41, 5.74) is 7.17. The Balaban J connectivity index is 2.11. The van der Waals surface area contributed by atoms with Gasteiger partial charge in [0.1, 0.15) is 0 Å². The van der Waals surface area contributed by atoms with Crippen molar-refractivity contribution in [3.63, 3.8) is 0 Å². The maximum absolute atomic E-state index is 13.0. The average Bonchev–Trinajstić information content (AvgIpc) is 2.59. The van der Waals surface area contributed by atoms with Crippen LogP contribution < -0.4 is 10.6 Å². The van der Waals surface area contributed by atoms with E-state index in [0.29, 0.717) is 6.54 Å². The lowest BCUT2D eigenvalue weighted by atomic mass is 10.2. The summed E-state index contributed by atoms with van der Waals surface area (Å²) in [7, 11) is 0. The molecule has 0 amide bonds. The normalized spacial score (nSPS) is 21.1. The van der Waals surface area contributed by atoms with Crippen molar-refractivity contribution in [1.29, 1.82) is 0 Å². The molecule has 0 bridgehead atoms. The van der Waals surface area contributed by atoms with E-state index < -0.39 is 5.92 Å². The third-order valence-electron chi connectivity index (χ3n) is 2.77. The van der Waals surface area contributed by atoms with Gasteiger partial charge in [-0.3, -0.25) is 4.98 Å². The van der Waals surface area contributed by atoms with Gasteiger partial charge in [-0.1, -0.05) is 0 Å². The van der Waals surface area contributed by atoms with Gasteiger partial charge in [0.25, 0.3) is 5.92 Å². The molecule has 2 rings (SSSR count). The summed E-state index contributed by atoms with van der Waals surface area (Å²) in [6, 6.07) is 3.46. The topological polar surface area (TPSA) is 42.1 Å². The molecular weight excluding hydrogens is 212 g/mol. The molecule has 1 atom stereocenters. The van der Waals surface area contributed by atoms with E-state index in [1.807, 2.05) is 6.92 Å². The fourth-order valence-corrected chi connectivity index (χ4v) is 1.81. The van der Waals surface area contributed by atoms with E-state index in [-0.39, 0.29) is 19.0 Å². The molecule has 0 radical (unpaired) electrons. The van der Waals surface area contributed by atoms with Crippen LogP contribution >= 0.6 is 0 Å². The third kappa shape index (κ3) is 2.29. The summed E-state index contributed by atoms with van der Waals surface area (Å²) in [6.45, 7) is 2.00. The summed E-state index contributed by atoms with van der Waals surface area (Å²) in [6.07, 6.45) is 1.53. The van der Waals surface area contributed by atoms with Gasteiger partial charge in [-0.2, -0.15) is 0 Å². The van der Waals surface area contributed by atoms with Crippen molar-refractivity contribution in [2.75, 3.05) is 18.0 Å². The van der Waals surface area contributed by atoms with E-state index in [0.717, 1.165) is 11.4 Å². The van der Waals surface area contributed by atoms with Crippen molar-refractivity contribution in [2.24, 2.45) is 5.73 Å². The summed E-state index contributed by atoms with van der Waals surface area (Å²) < 4.78 is 26.0. The van der Waals surface area contributed by atoms with Crippen molar-refractivity contribution < 1.29 is 8.78 Å². The highest BCUT2D eigenvalue weighted by Crippen LogP contribution is 2.30. The van der Waals surface area contributed by atoms with Crippen LogP contribution in [0.15, 0.2) is 18.3 Å². The number of rotatable bonds is 2. The molecule has 0 spiro atoms. The van der Waals surface area contributed by atoms with Crippen LogP contribution in [0.1, 0.15) is 25.1 Å². The van der Waals surface area contributed by atoms with Crippen LogP contribution in [0.25, 0.3) is 0 Å². The van der Waals surface area contributed by atoms with E-state index in [1.165, 1.54) is 0 Å². The first kappa shape index (κ1) is 11.3. The van der Waals surface area contributed by atoms with Gasteiger partial charge in [-0.15, -0.1) is 0 Å². The Morgan fingerprint density at radius 3 is 2.69 bits per heavy atom. The number of nitrogens with zero attached hydrogens (tertiary/aromatic N) is 2. The molecule has 1 saturated heterocycles. The number of anilines is 1. The number of hydrogen-bond acceptors (Lipinski definition) is 3. The van der Waals surface area contributed by atoms with Crippen LogP contribution in [0, 0.1) is 0 Å². The number of aromatic nitrogens is 1. The Hall–Kier alpha value is -1.23. The Morgan fingerprint density at radius 2 is 2.25 bits per heavy atom. The fraction of sp³-hybridized carbons (Fsp3) is 0.545. The first-order chi connectivity index (χ1) is 7.48. The third-order valence-corrected chi connectivity index (χ3v) is 2.77. The molecule has 1 aliphatic heterocycles. The first-order valence-electron chi connectivity index (χ1n) is 5.32. The van der Waals surface area contributed by atoms with Crippen molar-refractivity contribution in [2.45, 2.75) is 25.3 Å². The van der Waals surface area contributed by atoms with Crippen molar-refractivity contribution >= 4 is 5.69 Å². The van der Waals surface area contributed by atoms with Crippen LogP contribution in [0.2, 0.25) is 0 Å². The van der Waals surface area contributed by atoms with Gasteiger partial charge in [-0.25, -0.2) is 8.78 Å². The second-order valence-electron chi connectivity index (χ2n) is 4.26. The molecule has 1 fully saturated rings. The molecule has 0 aromatic carbocycles. The second-order valence-corrected chi connectivity index (χ2v) is 4.26. The Morgan fingerprint density at radius 1 is 1.50 bits per heavy atom. The van der Waals surface area contributed by atoms with Gasteiger partial charge in [0.05, 0.1) is 24.1 Å². The summed E-state index contributed by atoms with van der Waals surface area (Å²) in [4.78, 5) is 5.81. The van der Waals surface area contributed by atoms with E-state index in [2.05, 4.69) is 4.98 Å². The minimum Gasteiger partial charge on any atom is -0.364 e. The largest absolute Gasteiger partial charge is 0.364 e. The van der Waals surface area contributed by atoms with Crippen LogP contribution in [-0.2, 0) is 0 Å². The zero-order valence-corrected chi connectivity index (χ0v) is 9.16. The number of nitrogens with two attached hydrogens (primary N) is 1. The smallest absolute Gasteiger partial charge is 0.266 e. The zero-order chi connectivity index (χ0) is 11.8. The molecular formula is C11H15F2N3. The van der Waals surface area contributed by atoms with Gasteiger partial charge in [0.2, 0.25) is 0 Å². The fourth-order valence-electron chi connectivity index (χ4n) is 1.81. The molecule has 1 aromatic rings. The second kappa shape index (κ2) is 3.97. The highest BCUT2D eigenvalue weighted by molar-refractivity contribution is 5.46. The zero-order valence-electron chi connectivity index (χ0n) is 9.16. The Bertz CT molecular complexity index is 362. The SMILES string of the molecule is C[C@@H](N)c1ccc(N2CCC(F)(F)C2)cn1. The molecule has 1 aromatic heterocycles. The summed E-state index contributed by atoms with van der Waals surface area (Å²) in [5.74, 6) is -2.57. The van der Waals surface area contributed by atoms with Crippen LogP contribution in [-0.4, -0.2) is 24.0 Å². The molecule has 5 heteroatoms. The minimum atomic E-state index is -2.57. The Kier molecular flexibility index (Phi) is 2.80. The maximum atomic E-state index is 13.0. The molecule has 2 heterocycles. The molecule has 0 saturated carbocycles. The van der Waals surface area contributed by atoms with Gasteiger partial charge in [0.15, 0.2) is 0 Å². The monoisotopic (exact) mass is 227 g/mol. The average molecular weight is 227 g/mol. The van der Waals surface area contributed by atoms with E-state index in [1.54, 1.807) is 23.2 Å². The highest BCUT2D eigenvalue weighted by Gasteiger charge is 2.38. The minimum absolute atomic E-state index is 0.0813. The quantitative estimate of drug-likeness (QED) is 0.839. The lowest BCUT2D eigenvalue weighted by Gasteiger charge is -2.18. The maximum Gasteiger partial charge on any atom is 0.266 e. The van der Waals surface area contributed by atoms with Gasteiger partial charge >= 0.3 is 0 Å². The molecule has 88 valence electrons. The van der Waals surface area contributed by atoms with Crippen molar-refractivity contribution in [3.8, 4) is 0 Å². The van der Waals surface area contributed by atoms with Gasteiger partial charge in [-0.05, 0) is 19.1 Å². The summed E-state index contributed by atoms with van der Waals surface area (Å²) >= 11 is 0. The molecule has 16 heavy (non-hydrogen) atoms. The Labute approximate surface area is 93.3 Å². The van der Waals surface area contributed by atoms with Crippen LogP contribution in [0.5, 0.6) is 0 Å². The predicted octanol–water partition coefficient (Wildman–Crippen LogP) is 1.95. The number of pyridine rings is 1. The number of alkyl halides is 2. The van der Waals surface area contributed by atoms with Crippen molar-refractivity contribution in [1.82, 2.24) is 4.98 Å². The lowest BCUT2D eigenvalue weighted by Crippen LogP contribution is -2.25. The molecule has 1 aliphatic rings. The highest BCUT2D eigenvalue weighted by atomic mass is 19.3. The van der Waals surface area contributed by atoms with E-state index in [4.69, 9.17) is 5.73 Å². The van der Waals surface area contributed by atoms with Crippen LogP contribution in [0.3, 0.4) is 0 Å².